The minimum absolute atomic E-state index is 0.0158. The van der Waals surface area contributed by atoms with Gasteiger partial charge in [-0.2, -0.15) is 0 Å². The van der Waals surface area contributed by atoms with E-state index in [2.05, 4.69) is 10.2 Å². The number of ether oxygens (including phenoxy) is 1. The van der Waals surface area contributed by atoms with Crippen LogP contribution in [0.1, 0.15) is 24.4 Å². The number of fused-ring (bicyclic) bond motifs is 1. The zero-order valence-electron chi connectivity index (χ0n) is 17.0. The Kier molecular flexibility index (Phi) is 6.61. The fourth-order valence-electron chi connectivity index (χ4n) is 3.85. The average molecular weight is 409 g/mol. The number of hydrogen-bond donors (Lipinski definition) is 1. The zero-order valence-corrected chi connectivity index (χ0v) is 17.0. The summed E-state index contributed by atoms with van der Waals surface area (Å²) in [6.45, 7) is 4.39. The first-order valence-corrected chi connectivity index (χ1v) is 10.4. The van der Waals surface area contributed by atoms with Gasteiger partial charge in [-0.1, -0.05) is 42.5 Å². The summed E-state index contributed by atoms with van der Waals surface area (Å²) in [5.41, 5.74) is 2.42. The van der Waals surface area contributed by atoms with Crippen LogP contribution in [0.15, 0.2) is 63.8 Å². The second kappa shape index (κ2) is 9.73. The van der Waals surface area contributed by atoms with Gasteiger partial charge in [0, 0.05) is 32.6 Å². The quantitative estimate of drug-likeness (QED) is 0.619. The normalized spacial score (nSPS) is 15.9. The summed E-state index contributed by atoms with van der Waals surface area (Å²) < 4.78 is 12.3. The number of benzene rings is 2. The molecular formula is C23H27N3O4. The lowest BCUT2D eigenvalue weighted by Crippen LogP contribution is -2.43. The van der Waals surface area contributed by atoms with Crippen molar-refractivity contribution >= 4 is 17.0 Å². The Morgan fingerprint density at radius 1 is 1.03 bits per heavy atom. The Balaban J connectivity index is 1.36. The van der Waals surface area contributed by atoms with E-state index in [-0.39, 0.29) is 17.7 Å². The number of aromatic nitrogens is 1. The highest BCUT2D eigenvalue weighted by Crippen LogP contribution is 2.16. The third-order valence-electron chi connectivity index (χ3n) is 5.44. The third-order valence-corrected chi connectivity index (χ3v) is 5.44. The van der Waals surface area contributed by atoms with E-state index in [1.807, 2.05) is 48.5 Å². The fraction of sp³-hybridized carbons (Fsp3) is 0.391. The van der Waals surface area contributed by atoms with Gasteiger partial charge in [-0.15, -0.1) is 0 Å². The standard InChI is InChI=1S/C23H27N3O4/c27-22(11-6-12-26-20-9-4-5-10-21(20)30-23(26)28)24-19(18-7-2-1-3-8-18)17-25-13-15-29-16-14-25/h1-5,7-10,19H,6,11-17H2,(H,24,27)/t19-/m0/s1. The molecule has 1 aliphatic rings. The number of para-hydroxylation sites is 2. The molecule has 0 bridgehead atoms. The predicted molar refractivity (Wildman–Crippen MR) is 114 cm³/mol. The van der Waals surface area contributed by atoms with E-state index in [4.69, 9.17) is 9.15 Å². The zero-order chi connectivity index (χ0) is 20.8. The van der Waals surface area contributed by atoms with Crippen LogP contribution in [0.25, 0.3) is 11.1 Å². The number of oxazole rings is 1. The molecule has 0 unspecified atom stereocenters. The number of nitrogens with zero attached hydrogens (tertiary/aromatic N) is 2. The highest BCUT2D eigenvalue weighted by molar-refractivity contribution is 5.76. The molecule has 2 heterocycles. The largest absolute Gasteiger partial charge is 0.419 e. The van der Waals surface area contributed by atoms with E-state index < -0.39 is 0 Å². The fourth-order valence-corrected chi connectivity index (χ4v) is 3.85. The van der Waals surface area contributed by atoms with Gasteiger partial charge in [0.25, 0.3) is 0 Å². The van der Waals surface area contributed by atoms with E-state index in [1.165, 1.54) is 0 Å². The average Bonchev–Trinajstić information content (AvgIpc) is 3.10. The first kappa shape index (κ1) is 20.4. The molecule has 1 atom stereocenters. The monoisotopic (exact) mass is 409 g/mol. The maximum atomic E-state index is 12.7. The molecule has 30 heavy (non-hydrogen) atoms. The minimum atomic E-state index is -0.383. The van der Waals surface area contributed by atoms with Crippen molar-refractivity contribution in [3.8, 4) is 0 Å². The topological polar surface area (TPSA) is 76.7 Å². The second-order valence-corrected chi connectivity index (χ2v) is 7.53. The van der Waals surface area contributed by atoms with Gasteiger partial charge in [-0.3, -0.25) is 14.3 Å². The van der Waals surface area contributed by atoms with E-state index in [9.17, 15) is 9.59 Å². The second-order valence-electron chi connectivity index (χ2n) is 7.53. The number of carbonyl (C=O) groups is 1. The molecule has 1 N–H and O–H groups in total. The first-order chi connectivity index (χ1) is 14.7. The van der Waals surface area contributed by atoms with Crippen LogP contribution in [0.2, 0.25) is 0 Å². The molecule has 1 amide bonds. The number of nitrogens with one attached hydrogen (secondary N) is 1. The van der Waals surface area contributed by atoms with Crippen molar-refractivity contribution in [2.45, 2.75) is 25.4 Å². The van der Waals surface area contributed by atoms with Crippen molar-refractivity contribution < 1.29 is 13.9 Å². The summed E-state index contributed by atoms with van der Waals surface area (Å²) in [6.07, 6.45) is 0.909. The van der Waals surface area contributed by atoms with Crippen molar-refractivity contribution in [2.24, 2.45) is 0 Å². The molecule has 0 spiro atoms. The van der Waals surface area contributed by atoms with Crippen molar-refractivity contribution in [1.29, 1.82) is 0 Å². The SMILES string of the molecule is O=C(CCCn1c(=O)oc2ccccc21)N[C@@H](CN1CCOCC1)c1ccccc1. The lowest BCUT2D eigenvalue weighted by atomic mass is 10.1. The Hall–Kier alpha value is -2.90. The van der Waals surface area contributed by atoms with E-state index in [0.717, 1.165) is 43.9 Å². The highest BCUT2D eigenvalue weighted by atomic mass is 16.5. The Morgan fingerprint density at radius 2 is 1.77 bits per heavy atom. The van der Waals surface area contributed by atoms with Crippen LogP contribution in [0, 0.1) is 0 Å². The van der Waals surface area contributed by atoms with Crippen LogP contribution in [0.5, 0.6) is 0 Å². The van der Waals surface area contributed by atoms with E-state index >= 15 is 0 Å². The van der Waals surface area contributed by atoms with Gasteiger partial charge >= 0.3 is 5.76 Å². The number of hydrogen-bond acceptors (Lipinski definition) is 5. The number of amides is 1. The van der Waals surface area contributed by atoms with Crippen LogP contribution >= 0.6 is 0 Å². The van der Waals surface area contributed by atoms with Crippen molar-refractivity contribution in [2.75, 3.05) is 32.8 Å². The van der Waals surface area contributed by atoms with Gasteiger partial charge in [0.2, 0.25) is 5.91 Å². The minimum Gasteiger partial charge on any atom is -0.408 e. The molecule has 1 aliphatic heterocycles. The molecule has 1 aromatic heterocycles. The molecule has 158 valence electrons. The summed E-state index contributed by atoms with van der Waals surface area (Å²) in [4.78, 5) is 27.1. The molecule has 1 saturated heterocycles. The van der Waals surface area contributed by atoms with Gasteiger partial charge in [0.05, 0.1) is 24.8 Å². The molecule has 0 radical (unpaired) electrons. The molecule has 0 aliphatic carbocycles. The molecule has 1 fully saturated rings. The Morgan fingerprint density at radius 3 is 2.57 bits per heavy atom. The number of morpholine rings is 1. The lowest BCUT2D eigenvalue weighted by Gasteiger charge is -2.31. The summed E-state index contributed by atoms with van der Waals surface area (Å²) in [5, 5.41) is 3.18. The van der Waals surface area contributed by atoms with E-state index in [0.29, 0.717) is 25.0 Å². The molecular weight excluding hydrogens is 382 g/mol. The lowest BCUT2D eigenvalue weighted by molar-refractivity contribution is -0.122. The van der Waals surface area contributed by atoms with Gasteiger partial charge in [-0.25, -0.2) is 4.79 Å². The molecule has 4 rings (SSSR count). The number of aryl methyl sites for hydroxylation is 1. The summed E-state index contributed by atoms with van der Waals surface area (Å²) in [6, 6.07) is 17.3. The summed E-state index contributed by atoms with van der Waals surface area (Å²) >= 11 is 0. The Bertz CT molecular complexity index is 1020. The van der Waals surface area contributed by atoms with Crippen molar-refractivity contribution in [3.63, 3.8) is 0 Å². The van der Waals surface area contributed by atoms with Crippen molar-refractivity contribution in [1.82, 2.24) is 14.8 Å². The van der Waals surface area contributed by atoms with Crippen LogP contribution in [-0.2, 0) is 16.1 Å². The van der Waals surface area contributed by atoms with Gasteiger partial charge in [0.15, 0.2) is 5.58 Å². The van der Waals surface area contributed by atoms with E-state index in [1.54, 1.807) is 10.6 Å². The Labute approximate surface area is 175 Å². The molecule has 2 aromatic carbocycles. The molecule has 7 nitrogen and oxygen atoms in total. The van der Waals surface area contributed by atoms with Crippen LogP contribution < -0.4 is 11.1 Å². The van der Waals surface area contributed by atoms with Gasteiger partial charge < -0.3 is 14.5 Å². The summed E-state index contributed by atoms with van der Waals surface area (Å²) in [7, 11) is 0. The van der Waals surface area contributed by atoms with Crippen molar-refractivity contribution in [3.05, 3.63) is 70.7 Å². The maximum Gasteiger partial charge on any atom is 0.419 e. The predicted octanol–water partition coefficient (Wildman–Crippen LogP) is 2.56. The van der Waals surface area contributed by atoms with Gasteiger partial charge in [-0.05, 0) is 24.1 Å². The smallest absolute Gasteiger partial charge is 0.408 e. The molecule has 0 saturated carbocycles. The van der Waals surface area contributed by atoms with Crippen LogP contribution in [0.3, 0.4) is 0 Å². The van der Waals surface area contributed by atoms with Crippen LogP contribution in [-0.4, -0.2) is 48.2 Å². The number of rotatable bonds is 8. The summed E-state index contributed by atoms with van der Waals surface area (Å²) in [5.74, 6) is -0.399. The van der Waals surface area contributed by atoms with Gasteiger partial charge in [0.1, 0.15) is 0 Å². The molecule has 3 aromatic rings. The highest BCUT2D eigenvalue weighted by Gasteiger charge is 2.20. The molecule has 7 heteroatoms. The number of carbonyl (C=O) groups excluding carboxylic acids is 1. The maximum absolute atomic E-state index is 12.7. The third kappa shape index (κ3) is 4.98. The first-order valence-electron chi connectivity index (χ1n) is 10.4. The van der Waals surface area contributed by atoms with Crippen LogP contribution in [0.4, 0.5) is 0 Å².